The second-order valence-corrected chi connectivity index (χ2v) is 6.00. The van der Waals surface area contributed by atoms with Gasteiger partial charge in [-0.3, -0.25) is 14.4 Å². The second kappa shape index (κ2) is 7.40. The average Bonchev–Trinajstić information content (AvgIpc) is 2.75. The number of ether oxygens (including phenoxy) is 1. The minimum absolute atomic E-state index is 0.00313. The highest BCUT2D eigenvalue weighted by Crippen LogP contribution is 2.20. The van der Waals surface area contributed by atoms with Crippen molar-refractivity contribution in [3.05, 3.63) is 0 Å². The van der Waals surface area contributed by atoms with Crippen LogP contribution < -0.4 is 5.32 Å². The van der Waals surface area contributed by atoms with Crippen molar-refractivity contribution in [1.82, 2.24) is 10.2 Å². The minimum atomic E-state index is -0.890. The fraction of sp³-hybridized carbons (Fsp3) is 0.786. The lowest BCUT2D eigenvalue weighted by molar-refractivity contribution is -0.138. The molecule has 0 radical (unpaired) electrons. The molecule has 0 spiro atoms. The summed E-state index contributed by atoms with van der Waals surface area (Å²) in [6.45, 7) is 4.90. The molecule has 0 aromatic rings. The van der Waals surface area contributed by atoms with Gasteiger partial charge in [0.1, 0.15) is 0 Å². The minimum Gasteiger partial charge on any atom is -0.481 e. The number of likely N-dealkylation sites (tertiary alicyclic amines) is 1. The number of methoxy groups -OCH3 is 1. The van der Waals surface area contributed by atoms with Gasteiger partial charge in [0.25, 0.3) is 0 Å². The lowest BCUT2D eigenvalue weighted by Gasteiger charge is -2.27. The lowest BCUT2D eigenvalue weighted by atomic mass is 9.96. The molecular formula is C14H24N2O5. The highest BCUT2D eigenvalue weighted by molar-refractivity contribution is 5.89. The van der Waals surface area contributed by atoms with Crippen LogP contribution in [-0.2, 0) is 19.1 Å². The highest BCUT2D eigenvalue weighted by Gasteiger charge is 2.35. The fourth-order valence-electron chi connectivity index (χ4n) is 2.28. The summed E-state index contributed by atoms with van der Waals surface area (Å²) in [6, 6.07) is 0. The largest absolute Gasteiger partial charge is 0.481 e. The normalized spacial score (nSPS) is 18.9. The number of carboxylic acids is 1. The molecule has 2 amide bonds. The van der Waals surface area contributed by atoms with Gasteiger partial charge in [0.2, 0.25) is 11.8 Å². The summed E-state index contributed by atoms with van der Waals surface area (Å²) in [7, 11) is 1.57. The first-order valence-electron chi connectivity index (χ1n) is 7.05. The van der Waals surface area contributed by atoms with Crippen LogP contribution in [0.25, 0.3) is 0 Å². The summed E-state index contributed by atoms with van der Waals surface area (Å²) < 4.78 is 4.93. The third kappa shape index (κ3) is 5.71. The van der Waals surface area contributed by atoms with Gasteiger partial charge in [0.15, 0.2) is 0 Å². The van der Waals surface area contributed by atoms with Gasteiger partial charge in [0.05, 0.1) is 12.5 Å². The number of hydrogen-bond acceptors (Lipinski definition) is 4. The van der Waals surface area contributed by atoms with Crippen LogP contribution in [-0.4, -0.2) is 60.1 Å². The molecule has 0 aromatic heterocycles. The number of hydrogen-bond donors (Lipinski definition) is 2. The van der Waals surface area contributed by atoms with Crippen LogP contribution in [0.15, 0.2) is 0 Å². The first-order valence-corrected chi connectivity index (χ1v) is 7.05. The van der Waals surface area contributed by atoms with Gasteiger partial charge in [-0.15, -0.1) is 0 Å². The van der Waals surface area contributed by atoms with Gasteiger partial charge in [-0.25, -0.2) is 0 Å². The molecule has 0 aliphatic carbocycles. The van der Waals surface area contributed by atoms with Crippen molar-refractivity contribution >= 4 is 17.8 Å². The van der Waals surface area contributed by atoms with E-state index in [0.717, 1.165) is 0 Å². The molecule has 0 aromatic carbocycles. The zero-order chi connectivity index (χ0) is 16.0. The predicted octanol–water partition coefficient (Wildman–Crippen LogP) is 0.241. The molecule has 7 nitrogen and oxygen atoms in total. The molecule has 1 saturated heterocycles. The Morgan fingerprint density at radius 1 is 1.48 bits per heavy atom. The molecule has 120 valence electrons. The molecule has 0 unspecified atom stereocenters. The number of amides is 2. The SMILES string of the molecule is COCCN1C[C@H](C(=O)NC(C)(C)CCC(=O)O)CC1=O. The first-order chi connectivity index (χ1) is 9.75. The lowest BCUT2D eigenvalue weighted by Crippen LogP contribution is -2.47. The first kappa shape index (κ1) is 17.4. The molecule has 1 fully saturated rings. The fourth-order valence-corrected chi connectivity index (χ4v) is 2.28. The summed E-state index contributed by atoms with van der Waals surface area (Å²) >= 11 is 0. The van der Waals surface area contributed by atoms with E-state index in [1.165, 1.54) is 0 Å². The van der Waals surface area contributed by atoms with Crippen LogP contribution >= 0.6 is 0 Å². The van der Waals surface area contributed by atoms with E-state index in [9.17, 15) is 14.4 Å². The maximum Gasteiger partial charge on any atom is 0.303 e. The molecule has 0 bridgehead atoms. The van der Waals surface area contributed by atoms with Crippen molar-refractivity contribution in [3.63, 3.8) is 0 Å². The van der Waals surface area contributed by atoms with Gasteiger partial charge >= 0.3 is 5.97 Å². The molecular weight excluding hydrogens is 276 g/mol. The van der Waals surface area contributed by atoms with Crippen LogP contribution in [0.1, 0.15) is 33.1 Å². The Bertz CT molecular complexity index is 408. The predicted molar refractivity (Wildman–Crippen MR) is 75.7 cm³/mol. The van der Waals surface area contributed by atoms with Gasteiger partial charge in [-0.1, -0.05) is 0 Å². The zero-order valence-corrected chi connectivity index (χ0v) is 12.8. The standard InChI is InChI=1S/C14H24N2O5/c1-14(2,5-4-12(18)19)15-13(20)10-8-11(17)16(9-10)6-7-21-3/h10H,4-9H2,1-3H3,(H,15,20)(H,18,19)/t10-/m1/s1. The van der Waals surface area contributed by atoms with Gasteiger partial charge in [0, 0.05) is 38.6 Å². The molecule has 1 rings (SSSR count). The number of rotatable bonds is 8. The Balaban J connectivity index is 2.49. The number of carbonyl (C=O) groups is 3. The van der Waals surface area contributed by atoms with Crippen molar-refractivity contribution in [2.24, 2.45) is 5.92 Å². The topological polar surface area (TPSA) is 95.9 Å². The van der Waals surface area contributed by atoms with Crippen molar-refractivity contribution in [2.45, 2.75) is 38.6 Å². The van der Waals surface area contributed by atoms with Crippen LogP contribution in [0.3, 0.4) is 0 Å². The van der Waals surface area contributed by atoms with Crippen molar-refractivity contribution in [2.75, 3.05) is 26.8 Å². The summed E-state index contributed by atoms with van der Waals surface area (Å²) in [5.41, 5.74) is -0.599. The van der Waals surface area contributed by atoms with E-state index in [1.54, 1.807) is 25.9 Å². The Morgan fingerprint density at radius 2 is 2.14 bits per heavy atom. The maximum absolute atomic E-state index is 12.2. The quantitative estimate of drug-likeness (QED) is 0.669. The Hall–Kier alpha value is -1.63. The number of carbonyl (C=O) groups excluding carboxylic acids is 2. The Morgan fingerprint density at radius 3 is 2.71 bits per heavy atom. The van der Waals surface area contributed by atoms with E-state index in [1.807, 2.05) is 0 Å². The molecule has 1 aliphatic heterocycles. The monoisotopic (exact) mass is 300 g/mol. The van der Waals surface area contributed by atoms with E-state index < -0.39 is 11.5 Å². The number of nitrogens with one attached hydrogen (secondary N) is 1. The van der Waals surface area contributed by atoms with Crippen molar-refractivity contribution in [1.29, 1.82) is 0 Å². The van der Waals surface area contributed by atoms with Crippen LogP contribution in [0.5, 0.6) is 0 Å². The Labute approximate surface area is 124 Å². The molecule has 1 heterocycles. The zero-order valence-electron chi connectivity index (χ0n) is 12.8. The summed E-state index contributed by atoms with van der Waals surface area (Å²) in [5.74, 6) is -1.51. The van der Waals surface area contributed by atoms with E-state index in [-0.39, 0.29) is 30.6 Å². The average molecular weight is 300 g/mol. The Kier molecular flexibility index (Phi) is 6.14. The van der Waals surface area contributed by atoms with Crippen LogP contribution in [0.2, 0.25) is 0 Å². The summed E-state index contributed by atoms with van der Waals surface area (Å²) in [4.78, 5) is 36.2. The van der Waals surface area contributed by atoms with Gasteiger partial charge < -0.3 is 20.1 Å². The molecule has 21 heavy (non-hydrogen) atoms. The van der Waals surface area contributed by atoms with E-state index in [0.29, 0.717) is 26.1 Å². The smallest absolute Gasteiger partial charge is 0.303 e. The molecule has 1 aliphatic rings. The van der Waals surface area contributed by atoms with E-state index in [4.69, 9.17) is 9.84 Å². The van der Waals surface area contributed by atoms with Crippen LogP contribution in [0.4, 0.5) is 0 Å². The maximum atomic E-state index is 12.2. The summed E-state index contributed by atoms with van der Waals surface area (Å²) in [6.07, 6.45) is 0.545. The van der Waals surface area contributed by atoms with Gasteiger partial charge in [-0.05, 0) is 20.3 Å². The molecule has 7 heteroatoms. The van der Waals surface area contributed by atoms with Crippen LogP contribution in [0, 0.1) is 5.92 Å². The van der Waals surface area contributed by atoms with Crippen molar-refractivity contribution in [3.8, 4) is 0 Å². The van der Waals surface area contributed by atoms with E-state index in [2.05, 4.69) is 5.32 Å². The number of carboxylic acid groups (broad SMARTS) is 1. The van der Waals surface area contributed by atoms with Crippen molar-refractivity contribution < 1.29 is 24.2 Å². The summed E-state index contributed by atoms with van der Waals surface area (Å²) in [5, 5.41) is 11.5. The third-order valence-corrected chi connectivity index (χ3v) is 3.58. The number of aliphatic carboxylic acids is 1. The second-order valence-electron chi connectivity index (χ2n) is 6.00. The molecule has 2 N–H and O–H groups in total. The highest BCUT2D eigenvalue weighted by atomic mass is 16.5. The molecule has 1 atom stereocenters. The van der Waals surface area contributed by atoms with E-state index >= 15 is 0 Å². The number of nitrogens with zero attached hydrogens (tertiary/aromatic N) is 1. The van der Waals surface area contributed by atoms with Gasteiger partial charge in [-0.2, -0.15) is 0 Å². The third-order valence-electron chi connectivity index (χ3n) is 3.58. The molecule has 0 saturated carbocycles.